The lowest BCUT2D eigenvalue weighted by atomic mass is 10.6. The average molecular weight is 211 g/mol. The minimum Gasteiger partial charge on any atom is -0.478 e. The molecular weight excluding hydrogens is 198 g/mol. The van der Waals surface area contributed by atoms with E-state index in [1.165, 1.54) is 13.8 Å². The summed E-state index contributed by atoms with van der Waals surface area (Å²) < 4.78 is 24.4. The smallest absolute Gasteiger partial charge is 0.327 e. The van der Waals surface area contributed by atoms with E-state index in [0.29, 0.717) is 0 Å². The van der Waals surface area contributed by atoms with E-state index < -0.39 is 21.3 Å². The predicted octanol–water partition coefficient (Wildman–Crippen LogP) is -0.128. The SMILES string of the molecule is C=CC(=O)O.CC(C)S(=O)(=O)ON. The van der Waals surface area contributed by atoms with Gasteiger partial charge in [0.1, 0.15) is 0 Å². The lowest BCUT2D eigenvalue weighted by Crippen LogP contribution is -2.20. The summed E-state index contributed by atoms with van der Waals surface area (Å²) in [5.41, 5.74) is 0. The van der Waals surface area contributed by atoms with Crippen LogP contribution >= 0.6 is 0 Å². The van der Waals surface area contributed by atoms with E-state index in [0.717, 1.165) is 6.08 Å². The fraction of sp³-hybridized carbons (Fsp3) is 0.500. The molecule has 0 aliphatic heterocycles. The monoisotopic (exact) mass is 211 g/mol. The van der Waals surface area contributed by atoms with Gasteiger partial charge in [0.15, 0.2) is 0 Å². The van der Waals surface area contributed by atoms with Gasteiger partial charge in [0.2, 0.25) is 0 Å². The molecule has 0 amide bonds. The van der Waals surface area contributed by atoms with E-state index >= 15 is 0 Å². The van der Waals surface area contributed by atoms with E-state index in [-0.39, 0.29) is 0 Å². The van der Waals surface area contributed by atoms with Crippen molar-refractivity contribution in [2.24, 2.45) is 5.90 Å². The van der Waals surface area contributed by atoms with Crippen LogP contribution in [0.25, 0.3) is 0 Å². The molecule has 0 bridgehead atoms. The number of nitrogens with two attached hydrogens (primary N) is 1. The summed E-state index contributed by atoms with van der Waals surface area (Å²) in [4.78, 5) is 9.25. The minimum absolute atomic E-state index is 0.563. The Morgan fingerprint density at radius 3 is 1.92 bits per heavy atom. The summed E-state index contributed by atoms with van der Waals surface area (Å²) in [5, 5.41) is 7.04. The highest BCUT2D eigenvalue weighted by atomic mass is 32.2. The van der Waals surface area contributed by atoms with Gasteiger partial charge in [0.25, 0.3) is 10.1 Å². The first kappa shape index (κ1) is 14.6. The third-order valence-electron chi connectivity index (χ3n) is 0.886. The molecule has 0 spiro atoms. The number of rotatable bonds is 3. The lowest BCUT2D eigenvalue weighted by molar-refractivity contribution is -0.131. The maximum absolute atomic E-state index is 10.4. The van der Waals surface area contributed by atoms with Crippen molar-refractivity contribution in [3.05, 3.63) is 12.7 Å². The van der Waals surface area contributed by atoms with Crippen LogP contribution in [0.5, 0.6) is 0 Å². The van der Waals surface area contributed by atoms with Crippen molar-refractivity contribution in [2.45, 2.75) is 19.1 Å². The second-order valence-corrected chi connectivity index (χ2v) is 4.30. The number of carboxylic acids is 1. The Kier molecular flexibility index (Phi) is 7.39. The van der Waals surface area contributed by atoms with E-state index in [4.69, 9.17) is 5.11 Å². The van der Waals surface area contributed by atoms with Gasteiger partial charge in [-0.1, -0.05) is 6.58 Å². The Morgan fingerprint density at radius 1 is 1.62 bits per heavy atom. The summed E-state index contributed by atoms with van der Waals surface area (Å²) in [5.74, 6) is 3.44. The summed E-state index contributed by atoms with van der Waals surface area (Å²) in [6, 6.07) is 0. The molecule has 6 nitrogen and oxygen atoms in total. The molecule has 13 heavy (non-hydrogen) atoms. The third kappa shape index (κ3) is 8.99. The normalized spacial score (nSPS) is 10.2. The van der Waals surface area contributed by atoms with Crippen molar-refractivity contribution in [1.29, 1.82) is 0 Å². The van der Waals surface area contributed by atoms with Crippen molar-refractivity contribution >= 4 is 16.1 Å². The summed E-state index contributed by atoms with van der Waals surface area (Å²) in [6.07, 6.45) is 0.833. The van der Waals surface area contributed by atoms with Gasteiger partial charge in [-0.3, -0.25) is 0 Å². The van der Waals surface area contributed by atoms with Gasteiger partial charge in [-0.05, 0) is 13.8 Å². The molecule has 0 saturated heterocycles. The molecule has 0 aromatic heterocycles. The first-order valence-electron chi connectivity index (χ1n) is 3.25. The first-order chi connectivity index (χ1) is 5.77. The summed E-state index contributed by atoms with van der Waals surface area (Å²) in [7, 11) is -3.46. The predicted molar refractivity (Wildman–Crippen MR) is 47.2 cm³/mol. The maximum Gasteiger partial charge on any atom is 0.327 e. The highest BCUT2D eigenvalue weighted by molar-refractivity contribution is 7.87. The Labute approximate surface area is 77.1 Å². The van der Waals surface area contributed by atoms with Crippen LogP contribution in [0, 0.1) is 0 Å². The van der Waals surface area contributed by atoms with Crippen LogP contribution in [-0.4, -0.2) is 24.7 Å². The minimum atomic E-state index is -3.46. The highest BCUT2D eigenvalue weighted by Gasteiger charge is 2.13. The Bertz CT molecular complexity index is 256. The van der Waals surface area contributed by atoms with Gasteiger partial charge >= 0.3 is 5.97 Å². The van der Waals surface area contributed by atoms with Gasteiger partial charge in [-0.2, -0.15) is 18.6 Å². The number of aliphatic carboxylic acids is 1. The number of carbonyl (C=O) groups is 1. The van der Waals surface area contributed by atoms with Gasteiger partial charge < -0.3 is 5.11 Å². The standard InChI is InChI=1S/C3H9NO3S.C3H4O2/c1-3(2)8(5,6)7-4;1-2-3(4)5/h3H,4H2,1-2H3;2H,1H2,(H,4,5). The first-order valence-corrected chi connectivity index (χ1v) is 4.72. The van der Waals surface area contributed by atoms with E-state index in [1.54, 1.807) is 0 Å². The molecule has 0 rings (SSSR count). The van der Waals surface area contributed by atoms with Crippen molar-refractivity contribution in [2.75, 3.05) is 0 Å². The fourth-order valence-electron chi connectivity index (χ4n) is 0.111. The van der Waals surface area contributed by atoms with Gasteiger partial charge in [-0.15, -0.1) is 0 Å². The molecule has 78 valence electrons. The van der Waals surface area contributed by atoms with Crippen LogP contribution in [-0.2, 0) is 19.2 Å². The molecule has 0 heterocycles. The van der Waals surface area contributed by atoms with Crippen LogP contribution in [0.15, 0.2) is 12.7 Å². The highest BCUT2D eigenvalue weighted by Crippen LogP contribution is 1.96. The summed E-state index contributed by atoms with van der Waals surface area (Å²) >= 11 is 0. The third-order valence-corrected chi connectivity index (χ3v) is 2.31. The molecule has 0 atom stereocenters. The zero-order chi connectivity index (χ0) is 11.1. The number of hydrogen-bond donors (Lipinski definition) is 2. The zero-order valence-corrected chi connectivity index (χ0v) is 8.24. The molecule has 0 unspecified atom stereocenters. The van der Waals surface area contributed by atoms with E-state index in [1.807, 2.05) is 0 Å². The molecule has 7 heteroatoms. The molecule has 0 aromatic carbocycles. The van der Waals surface area contributed by atoms with Crippen molar-refractivity contribution in [3.63, 3.8) is 0 Å². The average Bonchev–Trinajstić information content (AvgIpc) is 2.05. The zero-order valence-electron chi connectivity index (χ0n) is 7.43. The van der Waals surface area contributed by atoms with Crippen LogP contribution in [0.1, 0.15) is 13.8 Å². The van der Waals surface area contributed by atoms with E-state index in [9.17, 15) is 13.2 Å². The molecule has 0 aliphatic rings. The van der Waals surface area contributed by atoms with Crippen LogP contribution in [0.4, 0.5) is 0 Å². The lowest BCUT2D eigenvalue weighted by Gasteiger charge is -2.00. The quantitative estimate of drug-likeness (QED) is 0.497. The van der Waals surface area contributed by atoms with Crippen molar-refractivity contribution in [3.8, 4) is 0 Å². The van der Waals surface area contributed by atoms with Gasteiger partial charge in [0.05, 0.1) is 5.25 Å². The second kappa shape index (κ2) is 6.58. The molecule has 0 aromatic rings. The second-order valence-electron chi connectivity index (χ2n) is 2.18. The maximum atomic E-state index is 10.4. The molecule has 0 fully saturated rings. The Hall–Kier alpha value is -0.920. The molecule has 3 N–H and O–H groups in total. The van der Waals surface area contributed by atoms with Crippen LogP contribution in [0.3, 0.4) is 0 Å². The molecule has 0 saturated carbocycles. The van der Waals surface area contributed by atoms with Crippen LogP contribution in [0.2, 0.25) is 0 Å². The number of hydrogen-bond acceptors (Lipinski definition) is 5. The topological polar surface area (TPSA) is 107 Å². The Morgan fingerprint density at radius 2 is 1.92 bits per heavy atom. The summed E-state index contributed by atoms with van der Waals surface area (Å²) in [6.45, 7) is 5.94. The van der Waals surface area contributed by atoms with E-state index in [2.05, 4.69) is 16.8 Å². The van der Waals surface area contributed by atoms with Crippen LogP contribution < -0.4 is 5.90 Å². The number of carboxylic acid groups (broad SMARTS) is 1. The largest absolute Gasteiger partial charge is 0.478 e. The molecular formula is C6H13NO5S. The molecule has 0 aliphatic carbocycles. The van der Waals surface area contributed by atoms with Gasteiger partial charge in [-0.25, -0.2) is 4.79 Å². The van der Waals surface area contributed by atoms with Crippen molar-refractivity contribution < 1.29 is 22.6 Å². The Balaban J connectivity index is 0. The molecule has 0 radical (unpaired) electrons. The van der Waals surface area contributed by atoms with Gasteiger partial charge in [0, 0.05) is 6.08 Å². The van der Waals surface area contributed by atoms with Crippen molar-refractivity contribution in [1.82, 2.24) is 0 Å². The fourth-order valence-corrected chi connectivity index (χ4v) is 0.333.